The minimum absolute atomic E-state index is 0.286. The molecule has 1 atom stereocenters. The lowest BCUT2D eigenvalue weighted by Gasteiger charge is -2.27. The van der Waals surface area contributed by atoms with E-state index in [1.807, 2.05) is 17.0 Å². The first kappa shape index (κ1) is 23.8. The lowest BCUT2D eigenvalue weighted by molar-refractivity contribution is 0.102. The Bertz CT molecular complexity index is 1460. The van der Waals surface area contributed by atoms with Gasteiger partial charge in [-0.15, -0.1) is 0 Å². The molecule has 1 aliphatic heterocycles. The molecular weight excluding hydrogens is 467 g/mol. The number of nitrogens with zero attached hydrogens (tertiary/aromatic N) is 4. The number of fused-ring (bicyclic) bond motifs is 1. The highest BCUT2D eigenvalue weighted by Gasteiger charge is 2.29. The summed E-state index contributed by atoms with van der Waals surface area (Å²) in [6.07, 6.45) is 4.74. The van der Waals surface area contributed by atoms with E-state index in [1.165, 1.54) is 26.1 Å². The summed E-state index contributed by atoms with van der Waals surface area (Å²) in [7, 11) is 0. The first-order valence-electron chi connectivity index (χ1n) is 11.8. The van der Waals surface area contributed by atoms with Gasteiger partial charge in [0.25, 0.3) is 5.91 Å². The second-order valence-electron chi connectivity index (χ2n) is 9.55. The Morgan fingerprint density at radius 2 is 1.94 bits per heavy atom. The van der Waals surface area contributed by atoms with Gasteiger partial charge in [0.15, 0.2) is 0 Å². The molecule has 1 N–H and O–H groups in total. The van der Waals surface area contributed by atoms with E-state index in [0.29, 0.717) is 41.0 Å². The molecule has 1 aliphatic rings. The number of carbonyl (C=O) groups excluding carboxylic acids is 1. The van der Waals surface area contributed by atoms with Crippen molar-refractivity contribution >= 4 is 22.8 Å². The van der Waals surface area contributed by atoms with Crippen molar-refractivity contribution in [1.29, 1.82) is 0 Å². The van der Waals surface area contributed by atoms with Gasteiger partial charge in [-0.1, -0.05) is 0 Å². The molecule has 186 valence electrons. The zero-order valence-corrected chi connectivity index (χ0v) is 20.2. The number of benzene rings is 1. The molecule has 0 saturated carbocycles. The van der Waals surface area contributed by atoms with Crippen molar-refractivity contribution in [3.8, 4) is 0 Å². The first-order chi connectivity index (χ1) is 17.1. The predicted molar refractivity (Wildman–Crippen MR) is 132 cm³/mol. The van der Waals surface area contributed by atoms with E-state index in [0.717, 1.165) is 24.2 Å². The largest absolute Gasteiger partial charge is 0.364 e. The molecule has 4 aromatic rings. The smallest absolute Gasteiger partial charge is 0.259 e. The Labute approximate surface area is 206 Å². The van der Waals surface area contributed by atoms with Crippen LogP contribution < -0.4 is 10.2 Å². The van der Waals surface area contributed by atoms with Gasteiger partial charge in [-0.05, 0) is 76.1 Å². The molecule has 1 fully saturated rings. The van der Waals surface area contributed by atoms with Gasteiger partial charge in [0.05, 0.1) is 40.4 Å². The van der Waals surface area contributed by atoms with Gasteiger partial charge in [-0.3, -0.25) is 9.78 Å². The highest BCUT2D eigenvalue weighted by molar-refractivity contribution is 6.09. The van der Waals surface area contributed by atoms with Crippen LogP contribution in [0.4, 0.5) is 24.5 Å². The summed E-state index contributed by atoms with van der Waals surface area (Å²) < 4.78 is 44.2. The molecule has 1 amide bonds. The lowest BCUT2D eigenvalue weighted by atomic mass is 10.0. The number of amides is 1. The Morgan fingerprint density at radius 3 is 2.69 bits per heavy atom. The van der Waals surface area contributed by atoms with E-state index >= 15 is 0 Å². The molecule has 36 heavy (non-hydrogen) atoms. The van der Waals surface area contributed by atoms with Gasteiger partial charge < -0.3 is 10.2 Å². The van der Waals surface area contributed by atoms with Crippen molar-refractivity contribution in [1.82, 2.24) is 14.6 Å². The van der Waals surface area contributed by atoms with Crippen LogP contribution in [-0.2, 0) is 5.67 Å². The van der Waals surface area contributed by atoms with Gasteiger partial charge in [0, 0.05) is 24.0 Å². The van der Waals surface area contributed by atoms with Gasteiger partial charge in [0.2, 0.25) is 0 Å². The van der Waals surface area contributed by atoms with Crippen LogP contribution in [0.25, 0.3) is 5.52 Å². The zero-order chi connectivity index (χ0) is 25.6. The summed E-state index contributed by atoms with van der Waals surface area (Å²) in [6.45, 7) is 5.24. The summed E-state index contributed by atoms with van der Waals surface area (Å²) in [6, 6.07) is 10.1. The van der Waals surface area contributed by atoms with Crippen molar-refractivity contribution in [2.45, 2.75) is 45.3 Å². The number of aryl methyl sites for hydroxylation is 1. The number of carbonyl (C=O) groups is 1. The highest BCUT2D eigenvalue weighted by Crippen LogP contribution is 2.38. The number of hydrogen-bond acceptors (Lipinski definition) is 4. The van der Waals surface area contributed by atoms with Crippen LogP contribution in [0, 0.1) is 18.6 Å². The number of halogens is 3. The minimum atomic E-state index is -1.59. The molecule has 0 aliphatic carbocycles. The molecule has 4 heterocycles. The van der Waals surface area contributed by atoms with E-state index < -0.39 is 17.3 Å². The SMILES string of the molecule is Cc1nc(C(C)(C)F)ccc1NC(=O)c1cnn2ccc(N3CCC[C@@H]3c3cc(F)ccc3F)cc12. The number of anilines is 2. The lowest BCUT2D eigenvalue weighted by Crippen LogP contribution is -2.23. The summed E-state index contributed by atoms with van der Waals surface area (Å²) in [5.74, 6) is -1.30. The highest BCUT2D eigenvalue weighted by atomic mass is 19.1. The third kappa shape index (κ3) is 4.41. The van der Waals surface area contributed by atoms with Crippen molar-refractivity contribution in [3.63, 3.8) is 0 Å². The molecule has 1 saturated heterocycles. The molecule has 1 aromatic carbocycles. The fraction of sp³-hybridized carbons (Fsp3) is 0.296. The molecular formula is C27H26F3N5O. The normalized spacial score (nSPS) is 16.1. The second-order valence-corrected chi connectivity index (χ2v) is 9.55. The Morgan fingerprint density at radius 1 is 1.14 bits per heavy atom. The van der Waals surface area contributed by atoms with Crippen LogP contribution in [0.2, 0.25) is 0 Å². The van der Waals surface area contributed by atoms with Crippen LogP contribution >= 0.6 is 0 Å². The van der Waals surface area contributed by atoms with Gasteiger partial charge in [-0.2, -0.15) is 5.10 Å². The quantitative estimate of drug-likeness (QED) is 0.364. The number of alkyl halides is 1. The summed E-state index contributed by atoms with van der Waals surface area (Å²) >= 11 is 0. The van der Waals surface area contributed by atoms with E-state index in [1.54, 1.807) is 29.8 Å². The first-order valence-corrected chi connectivity index (χ1v) is 11.8. The number of nitrogens with one attached hydrogen (secondary N) is 1. The van der Waals surface area contributed by atoms with Crippen molar-refractivity contribution in [2.24, 2.45) is 0 Å². The van der Waals surface area contributed by atoms with Gasteiger partial charge in [-0.25, -0.2) is 17.7 Å². The Balaban J connectivity index is 1.44. The van der Waals surface area contributed by atoms with E-state index in [2.05, 4.69) is 15.4 Å². The standard InChI is InChI=1S/C27H26F3N5O/c1-16-22(8-9-25(32-16)27(2,3)30)33-26(36)20-15-31-35-12-10-18(14-24(20)35)34-11-4-5-23(34)19-13-17(28)6-7-21(19)29/h6-10,12-15,23H,4-5,11H2,1-3H3,(H,33,36)/t23-/m1/s1. The molecule has 5 rings (SSSR count). The van der Waals surface area contributed by atoms with E-state index in [9.17, 15) is 18.0 Å². The van der Waals surface area contributed by atoms with Crippen LogP contribution in [0.15, 0.2) is 54.9 Å². The second kappa shape index (κ2) is 8.96. The maximum Gasteiger partial charge on any atom is 0.259 e. The van der Waals surface area contributed by atoms with Crippen molar-refractivity contribution < 1.29 is 18.0 Å². The summed E-state index contributed by atoms with van der Waals surface area (Å²) in [4.78, 5) is 19.5. The topological polar surface area (TPSA) is 62.5 Å². The number of rotatable bonds is 5. The van der Waals surface area contributed by atoms with Gasteiger partial charge >= 0.3 is 0 Å². The number of hydrogen-bond donors (Lipinski definition) is 1. The molecule has 6 nitrogen and oxygen atoms in total. The van der Waals surface area contributed by atoms with Gasteiger partial charge in [0.1, 0.15) is 17.3 Å². The zero-order valence-electron chi connectivity index (χ0n) is 20.2. The molecule has 9 heteroatoms. The maximum absolute atomic E-state index is 14.5. The molecule has 0 bridgehead atoms. The average Bonchev–Trinajstić information content (AvgIpc) is 3.48. The third-order valence-corrected chi connectivity index (χ3v) is 6.59. The van der Waals surface area contributed by atoms with Crippen LogP contribution in [0.1, 0.15) is 60.0 Å². The maximum atomic E-state index is 14.5. The molecule has 3 aromatic heterocycles. The molecule has 0 spiro atoms. The Hall–Kier alpha value is -3.88. The Kier molecular flexibility index (Phi) is 5.94. The summed E-state index contributed by atoms with van der Waals surface area (Å²) in [5.41, 5.74) is 1.70. The van der Waals surface area contributed by atoms with E-state index in [4.69, 9.17) is 0 Å². The minimum Gasteiger partial charge on any atom is -0.364 e. The summed E-state index contributed by atoms with van der Waals surface area (Å²) in [5, 5.41) is 7.12. The van der Waals surface area contributed by atoms with Crippen molar-refractivity contribution in [3.05, 3.63) is 89.0 Å². The molecule has 0 unspecified atom stereocenters. The van der Waals surface area contributed by atoms with E-state index in [-0.39, 0.29) is 17.6 Å². The van der Waals surface area contributed by atoms with Crippen LogP contribution in [0.3, 0.4) is 0 Å². The van der Waals surface area contributed by atoms with Crippen LogP contribution in [0.5, 0.6) is 0 Å². The molecule has 0 radical (unpaired) electrons. The third-order valence-electron chi connectivity index (χ3n) is 6.59. The number of aromatic nitrogens is 3. The monoisotopic (exact) mass is 493 g/mol. The fourth-order valence-corrected chi connectivity index (χ4v) is 4.71. The van der Waals surface area contributed by atoms with Crippen LogP contribution in [-0.4, -0.2) is 27.0 Å². The number of pyridine rings is 2. The fourth-order valence-electron chi connectivity index (χ4n) is 4.71. The van der Waals surface area contributed by atoms with Crippen molar-refractivity contribution in [2.75, 3.05) is 16.8 Å². The average molecular weight is 494 g/mol. The predicted octanol–water partition coefficient (Wildman–Crippen LogP) is 6.11.